The van der Waals surface area contributed by atoms with Crippen molar-refractivity contribution in [2.75, 3.05) is 26.2 Å². The van der Waals surface area contributed by atoms with Crippen LogP contribution in [-0.2, 0) is 22.6 Å². The molecular formula is C22H28N4O4. The van der Waals surface area contributed by atoms with E-state index in [1.54, 1.807) is 23.5 Å². The van der Waals surface area contributed by atoms with Crippen molar-refractivity contribution in [2.45, 2.75) is 51.3 Å². The Morgan fingerprint density at radius 3 is 2.70 bits per heavy atom. The number of carbonyl (C=O) groups excluding carboxylic acids is 2. The molecule has 1 unspecified atom stereocenters. The van der Waals surface area contributed by atoms with Crippen molar-refractivity contribution in [3.8, 4) is 0 Å². The van der Waals surface area contributed by atoms with Gasteiger partial charge in [0.25, 0.3) is 5.91 Å². The molecule has 3 aliphatic heterocycles. The molecule has 0 bridgehead atoms. The molecule has 0 aliphatic carbocycles. The normalized spacial score (nSPS) is 23.9. The first-order valence-corrected chi connectivity index (χ1v) is 10.9. The summed E-state index contributed by atoms with van der Waals surface area (Å²) < 4.78 is 13.4. The molecule has 0 radical (unpaired) electrons. The maximum Gasteiger partial charge on any atom is 0.312 e. The SMILES string of the molecule is O=C(c1ccc(CN2CCCC2)o1)N1CCC2(CC1)CC(Cn1ccnc1)OC2=O. The average molecular weight is 412 g/mol. The zero-order valence-electron chi connectivity index (χ0n) is 17.2. The Kier molecular flexibility index (Phi) is 5.10. The Labute approximate surface area is 175 Å². The van der Waals surface area contributed by atoms with E-state index in [-0.39, 0.29) is 18.0 Å². The topological polar surface area (TPSA) is 80.8 Å². The number of nitrogens with zero attached hydrogens (tertiary/aromatic N) is 4. The number of likely N-dealkylation sites (tertiary alicyclic amines) is 2. The summed E-state index contributed by atoms with van der Waals surface area (Å²) >= 11 is 0. The van der Waals surface area contributed by atoms with Crippen molar-refractivity contribution in [1.82, 2.24) is 19.4 Å². The monoisotopic (exact) mass is 412 g/mol. The first kappa shape index (κ1) is 19.4. The van der Waals surface area contributed by atoms with E-state index in [0.717, 1.165) is 25.4 Å². The zero-order chi connectivity index (χ0) is 20.6. The number of esters is 1. The molecule has 2 aromatic rings. The van der Waals surface area contributed by atoms with Gasteiger partial charge in [-0.15, -0.1) is 0 Å². The van der Waals surface area contributed by atoms with Gasteiger partial charge in [0.1, 0.15) is 11.9 Å². The number of ether oxygens (including phenoxy) is 1. The molecule has 1 amide bonds. The fourth-order valence-electron chi connectivity index (χ4n) is 5.01. The fraction of sp³-hybridized carbons (Fsp3) is 0.591. The van der Waals surface area contributed by atoms with Crippen LogP contribution in [0.15, 0.2) is 35.3 Å². The van der Waals surface area contributed by atoms with Crippen LogP contribution in [0.5, 0.6) is 0 Å². The molecule has 8 nitrogen and oxygen atoms in total. The molecule has 5 rings (SSSR count). The highest BCUT2D eigenvalue weighted by Gasteiger charge is 2.51. The second kappa shape index (κ2) is 7.91. The summed E-state index contributed by atoms with van der Waals surface area (Å²) in [7, 11) is 0. The number of hydrogen-bond donors (Lipinski definition) is 0. The minimum absolute atomic E-state index is 0.0844. The Balaban J connectivity index is 1.17. The van der Waals surface area contributed by atoms with Crippen LogP contribution in [0.2, 0.25) is 0 Å². The van der Waals surface area contributed by atoms with Crippen LogP contribution in [-0.4, -0.2) is 63.5 Å². The van der Waals surface area contributed by atoms with E-state index in [1.165, 1.54) is 12.8 Å². The van der Waals surface area contributed by atoms with Gasteiger partial charge in [0, 0.05) is 31.9 Å². The minimum atomic E-state index is -0.466. The molecule has 2 aromatic heterocycles. The quantitative estimate of drug-likeness (QED) is 0.701. The lowest BCUT2D eigenvalue weighted by Gasteiger charge is -2.36. The lowest BCUT2D eigenvalue weighted by atomic mass is 9.76. The maximum absolute atomic E-state index is 12.9. The van der Waals surface area contributed by atoms with Gasteiger partial charge < -0.3 is 18.6 Å². The number of cyclic esters (lactones) is 1. The van der Waals surface area contributed by atoms with Crippen molar-refractivity contribution < 1.29 is 18.7 Å². The highest BCUT2D eigenvalue weighted by molar-refractivity contribution is 5.92. The molecule has 0 aromatic carbocycles. The first-order chi connectivity index (χ1) is 14.6. The molecule has 8 heteroatoms. The Morgan fingerprint density at radius 2 is 1.97 bits per heavy atom. The molecule has 30 heavy (non-hydrogen) atoms. The van der Waals surface area contributed by atoms with Crippen LogP contribution < -0.4 is 0 Å². The molecular weight excluding hydrogens is 384 g/mol. The summed E-state index contributed by atoms with van der Waals surface area (Å²) in [6.45, 7) is 4.68. The number of piperidine rings is 1. The van der Waals surface area contributed by atoms with E-state index in [4.69, 9.17) is 9.15 Å². The summed E-state index contributed by atoms with van der Waals surface area (Å²) in [6.07, 6.45) is 9.64. The van der Waals surface area contributed by atoms with Gasteiger partial charge in [0.15, 0.2) is 5.76 Å². The van der Waals surface area contributed by atoms with Crippen molar-refractivity contribution in [2.24, 2.45) is 5.41 Å². The number of hydrogen-bond acceptors (Lipinski definition) is 6. The number of carbonyl (C=O) groups is 2. The molecule has 3 saturated heterocycles. The van der Waals surface area contributed by atoms with E-state index in [1.807, 2.05) is 16.8 Å². The lowest BCUT2D eigenvalue weighted by molar-refractivity contribution is -0.150. The Bertz CT molecular complexity index is 892. The van der Waals surface area contributed by atoms with E-state index < -0.39 is 5.41 Å². The highest BCUT2D eigenvalue weighted by Crippen LogP contribution is 2.43. The van der Waals surface area contributed by atoms with E-state index >= 15 is 0 Å². The number of aromatic nitrogens is 2. The molecule has 160 valence electrons. The fourth-order valence-corrected chi connectivity index (χ4v) is 5.01. The van der Waals surface area contributed by atoms with E-state index in [2.05, 4.69) is 9.88 Å². The van der Waals surface area contributed by atoms with Crippen molar-refractivity contribution in [3.63, 3.8) is 0 Å². The summed E-state index contributed by atoms with van der Waals surface area (Å²) in [6, 6.07) is 3.69. The average Bonchev–Trinajstić information content (AvgIpc) is 3.53. The van der Waals surface area contributed by atoms with Crippen LogP contribution in [0.3, 0.4) is 0 Å². The summed E-state index contributed by atoms with van der Waals surface area (Å²) in [4.78, 5) is 33.7. The van der Waals surface area contributed by atoms with E-state index in [0.29, 0.717) is 44.7 Å². The molecule has 5 heterocycles. The third-order valence-corrected chi connectivity index (χ3v) is 6.76. The number of amides is 1. The first-order valence-electron chi connectivity index (χ1n) is 10.9. The van der Waals surface area contributed by atoms with Crippen molar-refractivity contribution >= 4 is 11.9 Å². The highest BCUT2D eigenvalue weighted by atomic mass is 16.6. The van der Waals surface area contributed by atoms with Gasteiger partial charge >= 0.3 is 5.97 Å². The predicted molar refractivity (Wildman–Crippen MR) is 108 cm³/mol. The number of imidazole rings is 1. The molecule has 3 fully saturated rings. The van der Waals surface area contributed by atoms with Crippen molar-refractivity contribution in [1.29, 1.82) is 0 Å². The van der Waals surface area contributed by atoms with Gasteiger partial charge in [-0.2, -0.15) is 0 Å². The second-order valence-corrected chi connectivity index (χ2v) is 8.81. The van der Waals surface area contributed by atoms with Gasteiger partial charge in [-0.05, 0) is 50.9 Å². The predicted octanol–water partition coefficient (Wildman–Crippen LogP) is 2.31. The number of rotatable bonds is 5. The minimum Gasteiger partial charge on any atom is -0.460 e. The van der Waals surface area contributed by atoms with Crippen molar-refractivity contribution in [3.05, 3.63) is 42.4 Å². The summed E-state index contributed by atoms with van der Waals surface area (Å²) in [5.74, 6) is 1.03. The third-order valence-electron chi connectivity index (χ3n) is 6.76. The Hall–Kier alpha value is -2.61. The van der Waals surface area contributed by atoms with Crippen LogP contribution in [0.25, 0.3) is 0 Å². The smallest absolute Gasteiger partial charge is 0.312 e. The van der Waals surface area contributed by atoms with Crippen LogP contribution in [0.4, 0.5) is 0 Å². The largest absolute Gasteiger partial charge is 0.460 e. The lowest BCUT2D eigenvalue weighted by Crippen LogP contribution is -2.45. The van der Waals surface area contributed by atoms with Gasteiger partial charge in [0.2, 0.25) is 0 Å². The Morgan fingerprint density at radius 1 is 1.17 bits per heavy atom. The van der Waals surface area contributed by atoms with Crippen LogP contribution in [0, 0.1) is 5.41 Å². The second-order valence-electron chi connectivity index (χ2n) is 8.81. The van der Waals surface area contributed by atoms with Crippen LogP contribution >= 0.6 is 0 Å². The van der Waals surface area contributed by atoms with Gasteiger partial charge in [-0.3, -0.25) is 14.5 Å². The van der Waals surface area contributed by atoms with Gasteiger partial charge in [-0.25, -0.2) is 4.98 Å². The molecule has 3 aliphatic rings. The maximum atomic E-state index is 12.9. The number of furan rings is 1. The summed E-state index contributed by atoms with van der Waals surface area (Å²) in [5, 5.41) is 0. The molecule has 1 atom stereocenters. The van der Waals surface area contributed by atoms with Gasteiger partial charge in [-0.1, -0.05) is 0 Å². The molecule has 1 spiro atoms. The standard InChI is InChI=1S/C22H28N4O4/c27-20(19-4-3-17(29-19)14-24-8-1-2-9-24)26-10-5-22(6-11-26)13-18(30-21(22)28)15-25-12-7-23-16-25/h3-4,7,12,16,18H,1-2,5-6,8-11,13-15H2. The van der Waals surface area contributed by atoms with Crippen LogP contribution in [0.1, 0.15) is 48.4 Å². The third kappa shape index (κ3) is 3.76. The molecule has 0 saturated carbocycles. The summed E-state index contributed by atoms with van der Waals surface area (Å²) in [5.41, 5.74) is -0.466. The van der Waals surface area contributed by atoms with E-state index in [9.17, 15) is 9.59 Å². The molecule has 0 N–H and O–H groups in total. The zero-order valence-corrected chi connectivity index (χ0v) is 17.2. The van der Waals surface area contributed by atoms with Gasteiger partial charge in [0.05, 0.1) is 24.8 Å².